The summed E-state index contributed by atoms with van der Waals surface area (Å²) in [6.07, 6.45) is 5.49. The molecule has 3 rings (SSSR count). The average Bonchev–Trinajstić information content (AvgIpc) is 2.83. The molecule has 112 valence electrons. The van der Waals surface area contributed by atoms with E-state index in [2.05, 4.69) is 15.3 Å². The molecule has 0 radical (unpaired) electrons. The molecular formula is C16H15FN4O. The molecule has 3 aromatic rings. The predicted molar refractivity (Wildman–Crippen MR) is 80.2 cm³/mol. The molecule has 0 bridgehead atoms. The van der Waals surface area contributed by atoms with Crippen LogP contribution in [0.15, 0.2) is 42.9 Å². The summed E-state index contributed by atoms with van der Waals surface area (Å²) in [7, 11) is 0. The monoisotopic (exact) mass is 298 g/mol. The molecule has 0 aliphatic heterocycles. The minimum atomic E-state index is -0.269. The van der Waals surface area contributed by atoms with Crippen molar-refractivity contribution in [1.82, 2.24) is 19.7 Å². The molecule has 0 saturated heterocycles. The molecule has 0 atom stereocenters. The van der Waals surface area contributed by atoms with Crippen molar-refractivity contribution in [2.24, 2.45) is 0 Å². The van der Waals surface area contributed by atoms with Gasteiger partial charge in [0.1, 0.15) is 11.5 Å². The van der Waals surface area contributed by atoms with E-state index in [0.717, 1.165) is 5.56 Å². The fourth-order valence-electron chi connectivity index (χ4n) is 2.39. The van der Waals surface area contributed by atoms with Crippen molar-refractivity contribution in [3.8, 4) is 0 Å². The van der Waals surface area contributed by atoms with Gasteiger partial charge in [-0.25, -0.2) is 9.37 Å². The maximum Gasteiger partial charge on any atom is 0.270 e. The zero-order valence-electron chi connectivity index (χ0n) is 12.1. The number of hydrogen-bond donors (Lipinski definition) is 1. The molecule has 0 saturated carbocycles. The Balaban J connectivity index is 1.70. The smallest absolute Gasteiger partial charge is 0.270 e. The van der Waals surface area contributed by atoms with Crippen molar-refractivity contribution in [2.45, 2.75) is 13.3 Å². The van der Waals surface area contributed by atoms with E-state index >= 15 is 0 Å². The van der Waals surface area contributed by atoms with Gasteiger partial charge in [-0.15, -0.1) is 0 Å². The number of aromatic nitrogens is 3. The Labute approximate surface area is 126 Å². The van der Waals surface area contributed by atoms with Gasteiger partial charge in [0.25, 0.3) is 5.91 Å². The summed E-state index contributed by atoms with van der Waals surface area (Å²) < 4.78 is 14.8. The first-order valence-electron chi connectivity index (χ1n) is 6.96. The number of halogens is 1. The van der Waals surface area contributed by atoms with Crippen molar-refractivity contribution in [2.75, 3.05) is 6.54 Å². The quantitative estimate of drug-likeness (QED) is 0.803. The van der Waals surface area contributed by atoms with Crippen LogP contribution < -0.4 is 5.32 Å². The molecule has 1 N–H and O–H groups in total. The molecule has 2 aromatic heterocycles. The topological polar surface area (TPSA) is 59.3 Å². The predicted octanol–water partition coefficient (Wildman–Crippen LogP) is 2.15. The standard InChI is InChI=1S/C16H15FN4O/c1-11-15(21-8-7-18-10-14(21)20-11)16(22)19-6-5-12-3-2-4-13(17)9-12/h2-4,7-10H,5-6H2,1H3,(H,19,22). The third-order valence-electron chi connectivity index (χ3n) is 3.41. The molecule has 0 aliphatic carbocycles. The summed E-state index contributed by atoms with van der Waals surface area (Å²) >= 11 is 0. The maximum absolute atomic E-state index is 13.1. The van der Waals surface area contributed by atoms with Gasteiger partial charge in [0.15, 0.2) is 5.65 Å². The van der Waals surface area contributed by atoms with Crippen molar-refractivity contribution >= 4 is 11.6 Å². The molecule has 0 fully saturated rings. The zero-order chi connectivity index (χ0) is 15.5. The van der Waals surface area contributed by atoms with Gasteiger partial charge in [0.2, 0.25) is 0 Å². The lowest BCUT2D eigenvalue weighted by Crippen LogP contribution is -2.27. The van der Waals surface area contributed by atoms with Gasteiger partial charge < -0.3 is 5.32 Å². The molecule has 2 heterocycles. The van der Waals surface area contributed by atoms with E-state index in [0.29, 0.717) is 30.0 Å². The highest BCUT2D eigenvalue weighted by Gasteiger charge is 2.15. The van der Waals surface area contributed by atoms with Gasteiger partial charge in [0.05, 0.1) is 11.9 Å². The van der Waals surface area contributed by atoms with Crippen LogP contribution in [-0.2, 0) is 6.42 Å². The number of nitrogens with one attached hydrogen (secondary N) is 1. The lowest BCUT2D eigenvalue weighted by molar-refractivity contribution is 0.0947. The van der Waals surface area contributed by atoms with E-state index < -0.39 is 0 Å². The highest BCUT2D eigenvalue weighted by Crippen LogP contribution is 2.10. The van der Waals surface area contributed by atoms with Crippen molar-refractivity contribution in [1.29, 1.82) is 0 Å². The SMILES string of the molecule is Cc1nc2cnccn2c1C(=O)NCCc1cccc(F)c1. The normalized spacial score (nSPS) is 10.8. The van der Waals surface area contributed by atoms with Crippen molar-refractivity contribution < 1.29 is 9.18 Å². The second-order valence-electron chi connectivity index (χ2n) is 4.99. The van der Waals surface area contributed by atoms with Crippen molar-refractivity contribution in [3.05, 3.63) is 65.6 Å². The largest absolute Gasteiger partial charge is 0.350 e. The van der Waals surface area contributed by atoms with Gasteiger partial charge in [-0.05, 0) is 31.0 Å². The number of carbonyl (C=O) groups excluding carboxylic acids is 1. The van der Waals surface area contributed by atoms with E-state index in [1.165, 1.54) is 12.1 Å². The van der Waals surface area contributed by atoms with E-state index in [4.69, 9.17) is 0 Å². The molecule has 0 unspecified atom stereocenters. The number of imidazole rings is 1. The first-order valence-corrected chi connectivity index (χ1v) is 6.96. The molecule has 22 heavy (non-hydrogen) atoms. The molecule has 5 nitrogen and oxygen atoms in total. The van der Waals surface area contributed by atoms with Crippen LogP contribution in [-0.4, -0.2) is 26.8 Å². The fraction of sp³-hybridized carbons (Fsp3) is 0.188. The van der Waals surface area contributed by atoms with Gasteiger partial charge in [-0.2, -0.15) is 0 Å². The Morgan fingerprint density at radius 1 is 1.41 bits per heavy atom. The van der Waals surface area contributed by atoms with Gasteiger partial charge in [0, 0.05) is 18.9 Å². The second kappa shape index (κ2) is 5.93. The maximum atomic E-state index is 13.1. The highest BCUT2D eigenvalue weighted by molar-refractivity contribution is 5.94. The molecular weight excluding hydrogens is 283 g/mol. The summed E-state index contributed by atoms with van der Waals surface area (Å²) in [5.41, 5.74) is 2.63. The van der Waals surface area contributed by atoms with Gasteiger partial charge >= 0.3 is 0 Å². The summed E-state index contributed by atoms with van der Waals surface area (Å²) in [5, 5.41) is 2.84. The molecule has 1 aromatic carbocycles. The number of amides is 1. The number of aryl methyl sites for hydroxylation is 1. The van der Waals surface area contributed by atoms with Gasteiger partial charge in [-0.1, -0.05) is 12.1 Å². The zero-order valence-corrected chi connectivity index (χ0v) is 12.1. The van der Waals surface area contributed by atoms with Gasteiger partial charge in [-0.3, -0.25) is 14.2 Å². The number of benzene rings is 1. The number of nitrogens with zero attached hydrogens (tertiary/aromatic N) is 3. The lowest BCUT2D eigenvalue weighted by atomic mass is 10.1. The molecule has 0 aliphatic rings. The Bertz CT molecular complexity index is 828. The van der Waals surface area contributed by atoms with E-state index in [1.54, 1.807) is 36.0 Å². The molecule has 6 heteroatoms. The summed E-state index contributed by atoms with van der Waals surface area (Å²) in [4.78, 5) is 20.6. The lowest BCUT2D eigenvalue weighted by Gasteiger charge is -2.06. The number of hydrogen-bond acceptors (Lipinski definition) is 3. The second-order valence-corrected chi connectivity index (χ2v) is 4.99. The third kappa shape index (κ3) is 2.81. The average molecular weight is 298 g/mol. The molecule has 0 spiro atoms. The first-order chi connectivity index (χ1) is 10.6. The van der Waals surface area contributed by atoms with E-state index in [1.807, 2.05) is 6.07 Å². The highest BCUT2D eigenvalue weighted by atomic mass is 19.1. The Morgan fingerprint density at radius 3 is 3.09 bits per heavy atom. The van der Waals surface area contributed by atoms with Crippen LogP contribution in [0.5, 0.6) is 0 Å². The van der Waals surface area contributed by atoms with Crippen LogP contribution in [0, 0.1) is 12.7 Å². The van der Waals surface area contributed by atoms with E-state index in [9.17, 15) is 9.18 Å². The van der Waals surface area contributed by atoms with Crippen LogP contribution in [0.3, 0.4) is 0 Å². The number of fused-ring (bicyclic) bond motifs is 1. The minimum Gasteiger partial charge on any atom is -0.350 e. The fourth-order valence-corrected chi connectivity index (χ4v) is 2.39. The summed E-state index contributed by atoms with van der Waals surface area (Å²) in [5.74, 6) is -0.471. The van der Waals surface area contributed by atoms with Crippen LogP contribution in [0.25, 0.3) is 5.65 Å². The third-order valence-corrected chi connectivity index (χ3v) is 3.41. The Kier molecular flexibility index (Phi) is 3.82. The van der Waals surface area contributed by atoms with Crippen molar-refractivity contribution in [3.63, 3.8) is 0 Å². The van der Waals surface area contributed by atoms with Crippen LogP contribution >= 0.6 is 0 Å². The summed E-state index contributed by atoms with van der Waals surface area (Å²) in [6.45, 7) is 2.22. The van der Waals surface area contributed by atoms with Crippen LogP contribution in [0.4, 0.5) is 4.39 Å². The minimum absolute atomic E-state index is 0.201. The number of carbonyl (C=O) groups is 1. The molecule has 1 amide bonds. The Hall–Kier alpha value is -2.76. The summed E-state index contributed by atoms with van der Waals surface area (Å²) in [6, 6.07) is 6.36. The Morgan fingerprint density at radius 2 is 2.27 bits per heavy atom. The number of rotatable bonds is 4. The van der Waals surface area contributed by atoms with Crippen LogP contribution in [0.2, 0.25) is 0 Å². The first kappa shape index (κ1) is 14.2. The van der Waals surface area contributed by atoms with E-state index in [-0.39, 0.29) is 11.7 Å². The van der Waals surface area contributed by atoms with Crippen LogP contribution in [0.1, 0.15) is 21.7 Å².